The Morgan fingerprint density at radius 3 is 2.63 bits per heavy atom. The van der Waals surface area contributed by atoms with Crippen LogP contribution < -0.4 is 16.2 Å². The van der Waals surface area contributed by atoms with Crippen molar-refractivity contribution in [3.63, 3.8) is 0 Å². The van der Waals surface area contributed by atoms with Crippen LogP contribution in [0.3, 0.4) is 0 Å². The molecule has 1 aromatic carbocycles. The monoisotopic (exact) mass is 520 g/mol. The number of rotatable bonds is 8. The summed E-state index contributed by atoms with van der Waals surface area (Å²) in [6.45, 7) is 3.78. The van der Waals surface area contributed by atoms with Crippen molar-refractivity contribution >= 4 is 35.2 Å². The lowest BCUT2D eigenvalue weighted by atomic mass is 9.80. The summed E-state index contributed by atoms with van der Waals surface area (Å²) in [6.07, 6.45) is 2.03. The number of hydrogen-bond acceptors (Lipinski definition) is 4. The highest BCUT2D eigenvalue weighted by Gasteiger charge is 2.40. The van der Waals surface area contributed by atoms with Gasteiger partial charge in [-0.05, 0) is 73.9 Å². The van der Waals surface area contributed by atoms with Crippen LogP contribution in [-0.2, 0) is 17.8 Å². The molecule has 1 aliphatic carbocycles. The number of pyridine rings is 1. The van der Waals surface area contributed by atoms with E-state index in [2.05, 4.69) is 15.6 Å². The molecule has 10 heteroatoms. The number of H-pyrrole nitrogens is 1. The molecular weight excluding hydrogens is 491 g/mol. The van der Waals surface area contributed by atoms with Gasteiger partial charge in [-0.2, -0.15) is 0 Å². The molecule has 2 unspecified atom stereocenters. The average Bonchev–Trinajstić information content (AvgIpc) is 3.64. The van der Waals surface area contributed by atoms with E-state index < -0.39 is 6.09 Å². The van der Waals surface area contributed by atoms with Crippen LogP contribution in [0.4, 0.5) is 4.79 Å². The summed E-state index contributed by atoms with van der Waals surface area (Å²) in [5.41, 5.74) is 3.13. The lowest BCUT2D eigenvalue weighted by molar-refractivity contribution is -0.138. The third-order valence-electron chi connectivity index (χ3n) is 6.69. The predicted octanol–water partition coefficient (Wildman–Crippen LogP) is 3.68. The van der Waals surface area contributed by atoms with Crippen LogP contribution in [0.1, 0.15) is 47.6 Å². The second-order valence-corrected chi connectivity index (χ2v) is 10.2. The first-order chi connectivity index (χ1) is 16.7. The van der Waals surface area contributed by atoms with Gasteiger partial charge in [0.1, 0.15) is 0 Å². The number of carbonyl (C=O) groups excluding carboxylic acids is 1. The molecule has 0 radical (unpaired) electrons. The molecular formula is C25H30Cl2N4O4. The molecule has 2 amide bonds. The molecule has 188 valence electrons. The van der Waals surface area contributed by atoms with Gasteiger partial charge in [0, 0.05) is 37.4 Å². The fraction of sp³-hybridized carbons (Fsp3) is 0.480. The van der Waals surface area contributed by atoms with Crippen LogP contribution in [0.15, 0.2) is 29.1 Å². The van der Waals surface area contributed by atoms with Crippen molar-refractivity contribution in [3.05, 3.63) is 67.0 Å². The van der Waals surface area contributed by atoms with E-state index in [0.717, 1.165) is 48.2 Å². The van der Waals surface area contributed by atoms with Crippen molar-refractivity contribution in [1.82, 2.24) is 20.5 Å². The van der Waals surface area contributed by atoms with E-state index >= 15 is 0 Å². The van der Waals surface area contributed by atoms with Crippen molar-refractivity contribution in [1.29, 1.82) is 0 Å². The van der Waals surface area contributed by atoms with E-state index in [1.54, 1.807) is 12.1 Å². The lowest BCUT2D eigenvalue weighted by Gasteiger charge is -2.36. The largest absolute Gasteiger partial charge is 0.465 e. The lowest BCUT2D eigenvalue weighted by Crippen LogP contribution is -2.47. The quantitative estimate of drug-likeness (QED) is 0.423. The van der Waals surface area contributed by atoms with E-state index in [0.29, 0.717) is 29.6 Å². The maximum atomic E-state index is 13.9. The second-order valence-electron chi connectivity index (χ2n) is 9.40. The molecule has 0 bridgehead atoms. The molecule has 2 heterocycles. The molecule has 1 aromatic heterocycles. The number of amides is 2. The van der Waals surface area contributed by atoms with Gasteiger partial charge in [-0.1, -0.05) is 29.3 Å². The van der Waals surface area contributed by atoms with E-state index in [1.165, 1.54) is 0 Å². The van der Waals surface area contributed by atoms with E-state index in [4.69, 9.17) is 28.3 Å². The summed E-state index contributed by atoms with van der Waals surface area (Å²) in [6, 6.07) is 7.35. The van der Waals surface area contributed by atoms with Crippen LogP contribution in [0.5, 0.6) is 0 Å². The van der Waals surface area contributed by atoms with Gasteiger partial charge in [0.2, 0.25) is 11.5 Å². The highest BCUT2D eigenvalue weighted by molar-refractivity contribution is 6.42. The highest BCUT2D eigenvalue weighted by atomic mass is 35.5. The van der Waals surface area contributed by atoms with Crippen LogP contribution >= 0.6 is 23.2 Å². The Kier molecular flexibility index (Phi) is 8.04. The second kappa shape index (κ2) is 11.0. The first-order valence-corrected chi connectivity index (χ1v) is 12.6. The molecule has 8 nitrogen and oxygen atoms in total. The van der Waals surface area contributed by atoms with Gasteiger partial charge in [0.25, 0.3) is 0 Å². The number of carbonyl (C=O) groups is 2. The van der Waals surface area contributed by atoms with Crippen molar-refractivity contribution in [2.75, 3.05) is 19.6 Å². The summed E-state index contributed by atoms with van der Waals surface area (Å²) < 4.78 is 0. The molecule has 1 saturated heterocycles. The molecule has 4 rings (SSSR count). The zero-order chi connectivity index (χ0) is 25.1. The molecule has 2 aliphatic rings. The average molecular weight is 521 g/mol. The van der Waals surface area contributed by atoms with Crippen LogP contribution in [-0.4, -0.2) is 52.7 Å². The maximum Gasteiger partial charge on any atom is 0.404 e. The van der Waals surface area contributed by atoms with Gasteiger partial charge < -0.3 is 25.6 Å². The Hall–Kier alpha value is -2.55. The van der Waals surface area contributed by atoms with Gasteiger partial charge in [0.15, 0.2) is 0 Å². The molecule has 2 atom stereocenters. The third-order valence-corrected chi connectivity index (χ3v) is 7.53. The minimum absolute atomic E-state index is 0.0431. The molecule has 0 spiro atoms. The molecule has 1 saturated carbocycles. The Bertz CT molecular complexity index is 1160. The molecule has 1 aliphatic heterocycles. The molecule has 2 fully saturated rings. The number of aromatic nitrogens is 1. The Balaban J connectivity index is 1.57. The van der Waals surface area contributed by atoms with E-state index in [1.807, 2.05) is 24.0 Å². The van der Waals surface area contributed by atoms with Gasteiger partial charge in [-0.15, -0.1) is 0 Å². The minimum atomic E-state index is -1.08. The number of carboxylic acid groups (broad SMARTS) is 1. The summed E-state index contributed by atoms with van der Waals surface area (Å²) >= 11 is 12.9. The maximum absolute atomic E-state index is 13.9. The van der Waals surface area contributed by atoms with Crippen molar-refractivity contribution in [3.8, 4) is 0 Å². The predicted molar refractivity (Wildman–Crippen MR) is 135 cm³/mol. The van der Waals surface area contributed by atoms with Gasteiger partial charge in [-0.25, -0.2) is 4.79 Å². The number of piperidine rings is 1. The van der Waals surface area contributed by atoms with Crippen LogP contribution in [0, 0.1) is 12.8 Å². The summed E-state index contributed by atoms with van der Waals surface area (Å²) in [5, 5.41) is 15.3. The third kappa shape index (κ3) is 6.37. The number of nitrogens with zero attached hydrogens (tertiary/aromatic N) is 1. The number of aromatic amines is 1. The number of aryl methyl sites for hydroxylation is 1. The molecule has 35 heavy (non-hydrogen) atoms. The number of benzene rings is 1. The van der Waals surface area contributed by atoms with E-state index in [-0.39, 0.29) is 35.9 Å². The fourth-order valence-electron chi connectivity index (χ4n) is 4.89. The first-order valence-electron chi connectivity index (χ1n) is 11.9. The smallest absolute Gasteiger partial charge is 0.404 e. The van der Waals surface area contributed by atoms with Crippen molar-refractivity contribution in [2.24, 2.45) is 5.92 Å². The highest BCUT2D eigenvalue weighted by Crippen LogP contribution is 2.37. The fourth-order valence-corrected chi connectivity index (χ4v) is 5.32. The SMILES string of the molecule is Cc1cc(C2CCNCC2C(=O)N(Cc2cc(CCNC(=O)O)cc(Cl)c2Cl)C2CC2)cc(=O)[nH]1. The number of nitrogens with one attached hydrogen (secondary N) is 3. The van der Waals surface area contributed by atoms with Crippen molar-refractivity contribution < 1.29 is 14.7 Å². The van der Waals surface area contributed by atoms with Gasteiger partial charge in [-0.3, -0.25) is 9.59 Å². The zero-order valence-electron chi connectivity index (χ0n) is 19.6. The standard InChI is InChI=1S/C25H30Cl2N4O4/c1-14-8-16(11-22(32)30-14)19-5-6-28-12-20(19)24(33)31(18-2-3-18)13-17-9-15(4-7-29-25(34)35)10-21(26)23(17)27/h8-11,18-20,28-29H,2-7,12-13H2,1H3,(H,30,32)(H,34,35). The summed E-state index contributed by atoms with van der Waals surface area (Å²) in [4.78, 5) is 41.5. The minimum Gasteiger partial charge on any atom is -0.465 e. The number of hydrogen-bond donors (Lipinski definition) is 4. The topological polar surface area (TPSA) is 115 Å². The van der Waals surface area contributed by atoms with Crippen molar-refractivity contribution in [2.45, 2.75) is 51.1 Å². The first kappa shape index (κ1) is 25.5. The number of halogens is 2. The Morgan fingerprint density at radius 2 is 1.94 bits per heavy atom. The van der Waals surface area contributed by atoms with Gasteiger partial charge >= 0.3 is 6.09 Å². The molecule has 4 N–H and O–H groups in total. The Morgan fingerprint density at radius 1 is 1.17 bits per heavy atom. The van der Waals surface area contributed by atoms with Crippen LogP contribution in [0.25, 0.3) is 0 Å². The summed E-state index contributed by atoms with van der Waals surface area (Å²) in [7, 11) is 0. The molecule has 2 aromatic rings. The normalized spacial score (nSPS) is 19.9. The van der Waals surface area contributed by atoms with Gasteiger partial charge in [0.05, 0.1) is 16.0 Å². The Labute approximate surface area is 214 Å². The zero-order valence-corrected chi connectivity index (χ0v) is 21.1. The van der Waals surface area contributed by atoms with Crippen LogP contribution in [0.2, 0.25) is 10.0 Å². The van der Waals surface area contributed by atoms with E-state index in [9.17, 15) is 14.4 Å². The summed E-state index contributed by atoms with van der Waals surface area (Å²) in [5.74, 6) is -0.283.